The summed E-state index contributed by atoms with van der Waals surface area (Å²) in [5, 5.41) is 15.4. The Labute approximate surface area is 153 Å². The van der Waals surface area contributed by atoms with Crippen LogP contribution in [0, 0.1) is 0 Å². The van der Waals surface area contributed by atoms with Crippen molar-refractivity contribution in [3.8, 4) is 5.75 Å². The van der Waals surface area contributed by atoms with Crippen LogP contribution in [0.5, 0.6) is 5.75 Å². The van der Waals surface area contributed by atoms with E-state index >= 15 is 0 Å². The Kier molecular flexibility index (Phi) is 6.29. The van der Waals surface area contributed by atoms with Crippen LogP contribution in [-0.2, 0) is 13.2 Å². The second-order valence-corrected chi connectivity index (χ2v) is 6.37. The zero-order chi connectivity index (χ0) is 17.5. The first-order valence-electron chi connectivity index (χ1n) is 8.47. The zero-order valence-electron chi connectivity index (χ0n) is 14.0. The van der Waals surface area contributed by atoms with E-state index in [0.717, 1.165) is 34.9 Å². The first-order chi connectivity index (χ1) is 12.3. The summed E-state index contributed by atoms with van der Waals surface area (Å²) in [7, 11) is 0. The van der Waals surface area contributed by atoms with Gasteiger partial charge >= 0.3 is 0 Å². The number of rotatable bonds is 8. The quantitative estimate of drug-likeness (QED) is 0.583. The fourth-order valence-corrected chi connectivity index (χ4v) is 2.92. The highest BCUT2D eigenvalue weighted by molar-refractivity contribution is 6.30. The molecule has 3 aromatic rings. The maximum atomic E-state index is 8.95. The van der Waals surface area contributed by atoms with Crippen molar-refractivity contribution in [2.24, 2.45) is 0 Å². The average Bonchev–Trinajstić information content (AvgIpc) is 2.65. The van der Waals surface area contributed by atoms with Crippen molar-refractivity contribution >= 4 is 22.4 Å². The lowest BCUT2D eigenvalue weighted by Crippen LogP contribution is -2.16. The van der Waals surface area contributed by atoms with Crippen LogP contribution in [0.2, 0.25) is 5.02 Å². The molecule has 0 aromatic heterocycles. The number of nitrogens with one attached hydrogen (secondary N) is 1. The smallest absolute Gasteiger partial charge is 0.124 e. The Balaban J connectivity index is 1.81. The molecule has 0 spiro atoms. The lowest BCUT2D eigenvalue weighted by Gasteiger charge is -2.15. The summed E-state index contributed by atoms with van der Waals surface area (Å²) in [5.41, 5.74) is 2.22. The Bertz CT molecular complexity index is 818. The van der Waals surface area contributed by atoms with Crippen molar-refractivity contribution in [1.82, 2.24) is 5.32 Å². The standard InChI is InChI=1S/C21H22ClNO2/c22-18-9-6-16(7-10-18)15-25-21-11-8-17-4-1-2-5-19(17)20(21)14-23-12-3-13-24/h1-2,4-11,23-24H,3,12-15H2. The maximum absolute atomic E-state index is 8.95. The van der Waals surface area contributed by atoms with Crippen molar-refractivity contribution in [2.45, 2.75) is 19.6 Å². The molecular formula is C21H22ClNO2. The van der Waals surface area contributed by atoms with E-state index in [1.807, 2.05) is 42.5 Å². The van der Waals surface area contributed by atoms with Gasteiger partial charge in [-0.05, 0) is 47.5 Å². The number of hydrogen-bond acceptors (Lipinski definition) is 3. The fraction of sp³-hybridized carbons (Fsp3) is 0.238. The topological polar surface area (TPSA) is 41.5 Å². The first kappa shape index (κ1) is 17.7. The van der Waals surface area contributed by atoms with Crippen LogP contribution in [0.1, 0.15) is 17.5 Å². The molecule has 0 saturated carbocycles. The normalized spacial score (nSPS) is 11.0. The van der Waals surface area contributed by atoms with Crippen molar-refractivity contribution in [3.05, 3.63) is 76.8 Å². The van der Waals surface area contributed by atoms with E-state index in [4.69, 9.17) is 21.4 Å². The minimum Gasteiger partial charge on any atom is -0.489 e. The Morgan fingerprint density at radius 3 is 2.56 bits per heavy atom. The average molecular weight is 356 g/mol. The minimum absolute atomic E-state index is 0.197. The van der Waals surface area contributed by atoms with Crippen LogP contribution >= 0.6 is 11.6 Å². The molecule has 0 fully saturated rings. The lowest BCUT2D eigenvalue weighted by molar-refractivity contribution is 0.285. The molecule has 25 heavy (non-hydrogen) atoms. The summed E-state index contributed by atoms with van der Waals surface area (Å²) < 4.78 is 6.10. The van der Waals surface area contributed by atoms with Gasteiger partial charge in [0, 0.05) is 23.7 Å². The lowest BCUT2D eigenvalue weighted by atomic mass is 10.0. The Morgan fingerprint density at radius 2 is 1.76 bits per heavy atom. The number of halogens is 1. The van der Waals surface area contributed by atoms with Gasteiger partial charge in [0.05, 0.1) is 0 Å². The number of aliphatic hydroxyl groups excluding tert-OH is 1. The monoisotopic (exact) mass is 355 g/mol. The molecule has 3 rings (SSSR count). The van der Waals surface area contributed by atoms with Gasteiger partial charge in [-0.2, -0.15) is 0 Å². The minimum atomic E-state index is 0.197. The molecule has 4 heteroatoms. The van der Waals surface area contributed by atoms with Crippen LogP contribution < -0.4 is 10.1 Å². The SMILES string of the molecule is OCCCNCc1c(OCc2ccc(Cl)cc2)ccc2ccccc12. The van der Waals surface area contributed by atoms with Gasteiger partial charge < -0.3 is 15.2 Å². The molecule has 0 aliphatic carbocycles. The van der Waals surface area contributed by atoms with Gasteiger partial charge in [-0.1, -0.05) is 54.1 Å². The molecule has 130 valence electrons. The molecule has 3 nitrogen and oxygen atoms in total. The molecule has 3 aromatic carbocycles. The predicted molar refractivity (Wildman–Crippen MR) is 103 cm³/mol. The summed E-state index contributed by atoms with van der Waals surface area (Å²) in [5.74, 6) is 0.880. The van der Waals surface area contributed by atoms with Gasteiger partial charge in [0.25, 0.3) is 0 Å². The number of hydrogen-bond donors (Lipinski definition) is 2. The largest absolute Gasteiger partial charge is 0.489 e. The van der Waals surface area contributed by atoms with Crippen molar-refractivity contribution in [1.29, 1.82) is 0 Å². The van der Waals surface area contributed by atoms with E-state index in [9.17, 15) is 0 Å². The summed E-state index contributed by atoms with van der Waals surface area (Å²) >= 11 is 5.94. The van der Waals surface area contributed by atoms with Gasteiger partial charge in [0.1, 0.15) is 12.4 Å². The number of aliphatic hydroxyl groups is 1. The van der Waals surface area contributed by atoms with Crippen LogP contribution in [0.25, 0.3) is 10.8 Å². The predicted octanol–water partition coefficient (Wildman–Crippen LogP) is 4.54. The van der Waals surface area contributed by atoms with Gasteiger partial charge in [0.2, 0.25) is 0 Å². The van der Waals surface area contributed by atoms with E-state index in [-0.39, 0.29) is 6.61 Å². The first-order valence-corrected chi connectivity index (χ1v) is 8.85. The van der Waals surface area contributed by atoms with E-state index < -0.39 is 0 Å². The van der Waals surface area contributed by atoms with E-state index in [1.54, 1.807) is 0 Å². The summed E-state index contributed by atoms with van der Waals surface area (Å²) in [6.07, 6.45) is 0.742. The molecule has 0 radical (unpaired) electrons. The van der Waals surface area contributed by atoms with Gasteiger partial charge in [-0.3, -0.25) is 0 Å². The van der Waals surface area contributed by atoms with Crippen LogP contribution in [0.3, 0.4) is 0 Å². The molecule has 0 heterocycles. The van der Waals surface area contributed by atoms with E-state index in [2.05, 4.69) is 23.5 Å². The summed E-state index contributed by atoms with van der Waals surface area (Å²) in [4.78, 5) is 0. The zero-order valence-corrected chi connectivity index (χ0v) is 14.8. The Morgan fingerprint density at radius 1 is 0.960 bits per heavy atom. The molecule has 0 bridgehead atoms. The second kappa shape index (κ2) is 8.86. The van der Waals surface area contributed by atoms with Crippen molar-refractivity contribution in [2.75, 3.05) is 13.2 Å². The third-order valence-electron chi connectivity index (χ3n) is 4.12. The fourth-order valence-electron chi connectivity index (χ4n) is 2.79. The van der Waals surface area contributed by atoms with Crippen molar-refractivity contribution in [3.63, 3.8) is 0 Å². The van der Waals surface area contributed by atoms with Crippen LogP contribution in [0.15, 0.2) is 60.7 Å². The van der Waals surface area contributed by atoms with Gasteiger partial charge in [-0.25, -0.2) is 0 Å². The second-order valence-electron chi connectivity index (χ2n) is 5.93. The molecule has 0 unspecified atom stereocenters. The number of benzene rings is 3. The van der Waals surface area contributed by atoms with Gasteiger partial charge in [0.15, 0.2) is 0 Å². The number of ether oxygens (including phenoxy) is 1. The molecule has 0 aliphatic rings. The van der Waals surface area contributed by atoms with E-state index in [0.29, 0.717) is 13.2 Å². The summed E-state index contributed by atoms with van der Waals surface area (Å²) in [6.45, 7) is 2.18. The molecule has 0 atom stereocenters. The molecule has 0 saturated heterocycles. The maximum Gasteiger partial charge on any atom is 0.124 e. The highest BCUT2D eigenvalue weighted by Crippen LogP contribution is 2.29. The third kappa shape index (κ3) is 4.73. The van der Waals surface area contributed by atoms with Gasteiger partial charge in [-0.15, -0.1) is 0 Å². The van der Waals surface area contributed by atoms with Crippen LogP contribution in [0.4, 0.5) is 0 Å². The molecule has 2 N–H and O–H groups in total. The molecule has 0 aliphatic heterocycles. The summed E-state index contributed by atoms with van der Waals surface area (Å²) in [6, 6.07) is 20.1. The van der Waals surface area contributed by atoms with Crippen LogP contribution in [-0.4, -0.2) is 18.3 Å². The molecule has 0 amide bonds. The Hall–Kier alpha value is -2.07. The van der Waals surface area contributed by atoms with Crippen molar-refractivity contribution < 1.29 is 9.84 Å². The highest BCUT2D eigenvalue weighted by atomic mass is 35.5. The van der Waals surface area contributed by atoms with E-state index in [1.165, 1.54) is 10.8 Å². The highest BCUT2D eigenvalue weighted by Gasteiger charge is 2.09. The molecular weight excluding hydrogens is 334 g/mol. The number of fused-ring (bicyclic) bond motifs is 1. The third-order valence-corrected chi connectivity index (χ3v) is 4.37.